The summed E-state index contributed by atoms with van der Waals surface area (Å²) in [6, 6.07) is 0. The van der Waals surface area contributed by atoms with Gasteiger partial charge in [-0.25, -0.2) is 4.21 Å². The quantitative estimate of drug-likeness (QED) is 0.501. The van der Waals surface area contributed by atoms with Crippen molar-refractivity contribution in [2.45, 2.75) is 13.3 Å². The van der Waals surface area contributed by atoms with Crippen LogP contribution in [0, 0.1) is 11.8 Å². The second kappa shape index (κ2) is 3.30. The van der Waals surface area contributed by atoms with Crippen molar-refractivity contribution in [2.75, 3.05) is 5.75 Å². The smallest absolute Gasteiger partial charge is 0.153 e. The Labute approximate surface area is 63.6 Å². The van der Waals surface area contributed by atoms with Crippen LogP contribution in [0.1, 0.15) is 13.3 Å². The van der Waals surface area contributed by atoms with Crippen LogP contribution in [0.4, 0.5) is 0 Å². The average Bonchev–Trinajstić information content (AvgIpc) is 2.47. The summed E-state index contributed by atoms with van der Waals surface area (Å²) in [6.45, 7) is 1.98. The van der Waals surface area contributed by atoms with Crippen LogP contribution in [0.5, 0.6) is 0 Å². The van der Waals surface area contributed by atoms with E-state index in [9.17, 15) is 4.21 Å². The van der Waals surface area contributed by atoms with Crippen molar-refractivity contribution in [3.8, 4) is 0 Å². The van der Waals surface area contributed by atoms with Crippen LogP contribution < -0.4 is 0 Å². The first-order valence-corrected chi connectivity index (χ1v) is 4.72. The van der Waals surface area contributed by atoms with E-state index in [2.05, 4.69) is 6.08 Å². The summed E-state index contributed by atoms with van der Waals surface area (Å²) in [5, 5.41) is 0. The fraction of sp³-hybridized carbons (Fsp3) is 0.714. The molecule has 1 unspecified atom stereocenters. The lowest BCUT2D eigenvalue weighted by Gasteiger charge is -1.88. The summed E-state index contributed by atoms with van der Waals surface area (Å²) < 4.78 is 18.8. The molecule has 3 heteroatoms. The molecule has 3 atom stereocenters. The molecule has 1 rings (SSSR count). The second-order valence-electron chi connectivity index (χ2n) is 2.67. The highest BCUT2D eigenvalue weighted by molar-refractivity contribution is 7.79. The standard InChI is InChI=1S/C7H12O2S/c1-2-3-6-4-7(6)5-10(8)9/h2-3,6-7H,4-5H2,1H3,(H,8,9)/b3-2+/t6-,7-/m0/s1. The minimum atomic E-state index is -1.59. The molecule has 58 valence electrons. The molecule has 1 aliphatic carbocycles. The van der Waals surface area contributed by atoms with Crippen LogP contribution >= 0.6 is 0 Å². The van der Waals surface area contributed by atoms with E-state index in [1.165, 1.54) is 0 Å². The molecule has 0 aromatic heterocycles. The lowest BCUT2D eigenvalue weighted by molar-refractivity contribution is 0.559. The number of rotatable bonds is 3. The minimum Gasteiger partial charge on any atom is -0.306 e. The summed E-state index contributed by atoms with van der Waals surface area (Å²) in [4.78, 5) is 0. The molecular weight excluding hydrogens is 148 g/mol. The third kappa shape index (κ3) is 2.23. The van der Waals surface area contributed by atoms with Crippen LogP contribution in [-0.4, -0.2) is 14.5 Å². The van der Waals surface area contributed by atoms with Crippen LogP contribution in [0.3, 0.4) is 0 Å². The maximum atomic E-state index is 10.3. The summed E-state index contributed by atoms with van der Waals surface area (Å²) >= 11 is -1.59. The van der Waals surface area contributed by atoms with E-state index in [-0.39, 0.29) is 0 Å². The van der Waals surface area contributed by atoms with Gasteiger partial charge in [0.05, 0.1) is 5.75 Å². The SMILES string of the molecule is C/C=C/[C@H]1C[C@H]1CS(=O)O. The zero-order chi connectivity index (χ0) is 7.56. The monoisotopic (exact) mass is 160 g/mol. The van der Waals surface area contributed by atoms with Gasteiger partial charge in [0.1, 0.15) is 0 Å². The van der Waals surface area contributed by atoms with Gasteiger partial charge < -0.3 is 4.55 Å². The van der Waals surface area contributed by atoms with Crippen molar-refractivity contribution < 1.29 is 8.76 Å². The summed E-state index contributed by atoms with van der Waals surface area (Å²) in [5.74, 6) is 1.51. The predicted octanol–water partition coefficient (Wildman–Crippen LogP) is 1.42. The fourth-order valence-electron chi connectivity index (χ4n) is 1.13. The molecule has 1 saturated carbocycles. The van der Waals surface area contributed by atoms with Gasteiger partial charge in [-0.05, 0) is 25.2 Å². The third-order valence-corrected chi connectivity index (χ3v) is 2.49. The van der Waals surface area contributed by atoms with Crippen molar-refractivity contribution in [1.29, 1.82) is 0 Å². The molecule has 0 heterocycles. The van der Waals surface area contributed by atoms with Crippen LogP contribution in [0.25, 0.3) is 0 Å². The van der Waals surface area contributed by atoms with Gasteiger partial charge >= 0.3 is 0 Å². The molecule has 0 radical (unpaired) electrons. The van der Waals surface area contributed by atoms with E-state index in [1.807, 2.05) is 13.0 Å². The Bertz CT molecular complexity index is 165. The van der Waals surface area contributed by atoms with Gasteiger partial charge in [0, 0.05) is 0 Å². The second-order valence-corrected chi connectivity index (χ2v) is 3.65. The van der Waals surface area contributed by atoms with Crippen molar-refractivity contribution in [3.05, 3.63) is 12.2 Å². The third-order valence-electron chi connectivity index (χ3n) is 1.77. The zero-order valence-corrected chi connectivity index (χ0v) is 6.80. The normalized spacial score (nSPS) is 34.6. The molecule has 10 heavy (non-hydrogen) atoms. The molecule has 0 aromatic rings. The molecular formula is C7H12O2S. The van der Waals surface area contributed by atoms with E-state index in [4.69, 9.17) is 4.55 Å². The highest BCUT2D eigenvalue weighted by Gasteiger charge is 2.35. The topological polar surface area (TPSA) is 37.3 Å². The highest BCUT2D eigenvalue weighted by atomic mass is 32.2. The summed E-state index contributed by atoms with van der Waals surface area (Å²) in [5.41, 5.74) is 0. The first-order valence-electron chi connectivity index (χ1n) is 3.44. The van der Waals surface area contributed by atoms with Gasteiger partial charge in [-0.2, -0.15) is 0 Å². The van der Waals surface area contributed by atoms with E-state index in [0.29, 0.717) is 17.6 Å². The molecule has 1 aliphatic rings. The zero-order valence-electron chi connectivity index (χ0n) is 5.99. The Morgan fingerprint density at radius 3 is 3.00 bits per heavy atom. The molecule has 1 N–H and O–H groups in total. The summed E-state index contributed by atoms with van der Waals surface area (Å²) in [7, 11) is 0. The van der Waals surface area contributed by atoms with Gasteiger partial charge in [-0.3, -0.25) is 0 Å². The van der Waals surface area contributed by atoms with Crippen molar-refractivity contribution in [2.24, 2.45) is 11.8 Å². The van der Waals surface area contributed by atoms with Crippen molar-refractivity contribution >= 4 is 11.1 Å². The van der Waals surface area contributed by atoms with Crippen LogP contribution in [-0.2, 0) is 11.1 Å². The lowest BCUT2D eigenvalue weighted by Crippen LogP contribution is -1.97. The van der Waals surface area contributed by atoms with Gasteiger partial charge in [0.2, 0.25) is 0 Å². The Morgan fingerprint density at radius 2 is 2.50 bits per heavy atom. The minimum absolute atomic E-state index is 0.453. The average molecular weight is 160 g/mol. The molecule has 1 fully saturated rings. The lowest BCUT2D eigenvalue weighted by atomic mass is 10.3. The molecule has 0 bridgehead atoms. The van der Waals surface area contributed by atoms with Gasteiger partial charge in [0.15, 0.2) is 11.1 Å². The fourth-order valence-corrected chi connectivity index (χ4v) is 1.88. The highest BCUT2D eigenvalue weighted by Crippen LogP contribution is 2.39. The van der Waals surface area contributed by atoms with Crippen molar-refractivity contribution in [3.63, 3.8) is 0 Å². The Balaban J connectivity index is 2.19. The Kier molecular flexibility index (Phi) is 2.63. The van der Waals surface area contributed by atoms with E-state index >= 15 is 0 Å². The van der Waals surface area contributed by atoms with Crippen LogP contribution in [0.2, 0.25) is 0 Å². The summed E-state index contributed by atoms with van der Waals surface area (Å²) in [6.07, 6.45) is 5.21. The molecule has 0 saturated heterocycles. The maximum Gasteiger partial charge on any atom is 0.153 e. The van der Waals surface area contributed by atoms with Crippen LogP contribution in [0.15, 0.2) is 12.2 Å². The Morgan fingerprint density at radius 1 is 1.80 bits per heavy atom. The van der Waals surface area contributed by atoms with E-state index < -0.39 is 11.1 Å². The first kappa shape index (κ1) is 7.95. The number of hydrogen-bond acceptors (Lipinski definition) is 1. The molecule has 0 amide bonds. The first-order chi connectivity index (χ1) is 4.74. The van der Waals surface area contributed by atoms with Crippen molar-refractivity contribution in [1.82, 2.24) is 0 Å². The number of hydrogen-bond donors (Lipinski definition) is 1. The molecule has 0 spiro atoms. The maximum absolute atomic E-state index is 10.3. The Hall–Kier alpha value is -0.150. The van der Waals surface area contributed by atoms with E-state index in [0.717, 1.165) is 6.42 Å². The van der Waals surface area contributed by atoms with Gasteiger partial charge in [0.25, 0.3) is 0 Å². The molecule has 2 nitrogen and oxygen atoms in total. The molecule has 0 aliphatic heterocycles. The van der Waals surface area contributed by atoms with E-state index in [1.54, 1.807) is 0 Å². The van der Waals surface area contributed by atoms with Gasteiger partial charge in [-0.1, -0.05) is 12.2 Å². The number of allylic oxidation sites excluding steroid dienone is 2. The predicted molar refractivity (Wildman–Crippen MR) is 42.0 cm³/mol. The largest absolute Gasteiger partial charge is 0.306 e. The molecule has 0 aromatic carbocycles. The van der Waals surface area contributed by atoms with Gasteiger partial charge in [-0.15, -0.1) is 0 Å².